The van der Waals surface area contributed by atoms with Gasteiger partial charge in [0.2, 0.25) is 5.76 Å². The van der Waals surface area contributed by atoms with Gasteiger partial charge in [-0.1, -0.05) is 12.1 Å². The highest BCUT2D eigenvalue weighted by Gasteiger charge is 2.41. The Balaban J connectivity index is 2.29. The second kappa shape index (κ2) is 5.99. The van der Waals surface area contributed by atoms with Crippen molar-refractivity contribution in [3.63, 3.8) is 0 Å². The lowest BCUT2D eigenvalue weighted by Crippen LogP contribution is -2.34. The molecule has 0 aromatic heterocycles. The lowest BCUT2D eigenvalue weighted by atomic mass is 10.1. The Labute approximate surface area is 125 Å². The molecule has 0 radical (unpaired) electrons. The third-order valence-corrected chi connectivity index (χ3v) is 3.29. The third kappa shape index (κ3) is 3.07. The second-order valence-corrected chi connectivity index (χ2v) is 5.32. The van der Waals surface area contributed by atoms with Crippen LogP contribution in [0.15, 0.2) is 30.0 Å². The van der Waals surface area contributed by atoms with Crippen molar-refractivity contribution in [3.05, 3.63) is 35.6 Å². The molecule has 1 heterocycles. The van der Waals surface area contributed by atoms with Crippen molar-refractivity contribution in [2.75, 3.05) is 39.6 Å². The maximum Gasteiger partial charge on any atom is 0.459 e. The van der Waals surface area contributed by atoms with Gasteiger partial charge in [0.1, 0.15) is 0 Å². The van der Waals surface area contributed by atoms with Crippen molar-refractivity contribution in [2.45, 2.75) is 6.92 Å². The summed E-state index contributed by atoms with van der Waals surface area (Å²) in [5.74, 6) is 0.260. The van der Waals surface area contributed by atoms with Gasteiger partial charge in [-0.2, -0.15) is 4.90 Å². The van der Waals surface area contributed by atoms with E-state index in [-0.39, 0.29) is 5.91 Å². The summed E-state index contributed by atoms with van der Waals surface area (Å²) >= 11 is 0. The van der Waals surface area contributed by atoms with Crippen molar-refractivity contribution >= 4 is 23.7 Å². The molecular formula is C16H22N3O2+. The quantitative estimate of drug-likeness (QED) is 0.626. The van der Waals surface area contributed by atoms with Crippen molar-refractivity contribution in [1.29, 1.82) is 0 Å². The second-order valence-electron chi connectivity index (χ2n) is 5.32. The molecule has 1 fully saturated rings. The lowest BCUT2D eigenvalue weighted by molar-refractivity contribution is -0.478. The molecule has 0 aliphatic carbocycles. The van der Waals surface area contributed by atoms with Gasteiger partial charge < -0.3 is 9.64 Å². The fourth-order valence-electron chi connectivity index (χ4n) is 2.14. The van der Waals surface area contributed by atoms with E-state index >= 15 is 0 Å². The topological polar surface area (TPSA) is 35.8 Å². The van der Waals surface area contributed by atoms with Crippen molar-refractivity contribution in [2.24, 2.45) is 0 Å². The molecule has 0 spiro atoms. The molecule has 0 unspecified atom stereocenters. The normalized spacial score (nSPS) is 16.4. The van der Waals surface area contributed by atoms with Gasteiger partial charge in [-0.25, -0.2) is 9.37 Å². The summed E-state index contributed by atoms with van der Waals surface area (Å²) < 4.78 is 7.49. The predicted octanol–water partition coefficient (Wildman–Crippen LogP) is 1.60. The number of hydrogen-bond donors (Lipinski definition) is 0. The van der Waals surface area contributed by atoms with Crippen molar-refractivity contribution < 1.29 is 14.1 Å². The van der Waals surface area contributed by atoms with Gasteiger partial charge in [0, 0.05) is 19.8 Å². The summed E-state index contributed by atoms with van der Waals surface area (Å²) in [5.41, 5.74) is 2.06. The number of likely N-dealkylation sites (N-methyl/N-ethyl adjacent to an activating group) is 1. The van der Waals surface area contributed by atoms with E-state index in [4.69, 9.17) is 4.74 Å². The van der Waals surface area contributed by atoms with Gasteiger partial charge in [-0.15, -0.1) is 0 Å². The number of amidine groups is 1. The molecule has 0 saturated carbocycles. The fourth-order valence-corrected chi connectivity index (χ4v) is 2.14. The molecule has 1 saturated heterocycles. The molecule has 1 aliphatic rings. The molecule has 0 bridgehead atoms. The SMILES string of the molecule is CCN1C(=O)C(=Cc2ccc(N(C)C)cc2)OC1=[N+](C)C. The summed E-state index contributed by atoms with van der Waals surface area (Å²) in [5, 5.41) is 0. The maximum absolute atomic E-state index is 12.3. The average molecular weight is 288 g/mol. The number of ether oxygens (including phenoxy) is 1. The number of benzene rings is 1. The van der Waals surface area contributed by atoms with Gasteiger partial charge in [0.15, 0.2) is 0 Å². The van der Waals surface area contributed by atoms with E-state index in [1.165, 1.54) is 0 Å². The smallest absolute Gasteiger partial charge is 0.383 e. The van der Waals surface area contributed by atoms with E-state index in [9.17, 15) is 4.79 Å². The van der Waals surface area contributed by atoms with Crippen LogP contribution in [0.1, 0.15) is 12.5 Å². The van der Waals surface area contributed by atoms with E-state index in [0.717, 1.165) is 11.3 Å². The molecule has 5 heteroatoms. The van der Waals surface area contributed by atoms with Crippen LogP contribution in [0, 0.1) is 0 Å². The zero-order valence-corrected chi connectivity index (χ0v) is 13.3. The van der Waals surface area contributed by atoms with E-state index in [2.05, 4.69) is 0 Å². The summed E-state index contributed by atoms with van der Waals surface area (Å²) in [7, 11) is 7.71. The number of anilines is 1. The minimum Gasteiger partial charge on any atom is -0.383 e. The maximum atomic E-state index is 12.3. The van der Waals surface area contributed by atoms with Gasteiger partial charge >= 0.3 is 11.9 Å². The highest BCUT2D eigenvalue weighted by atomic mass is 16.5. The van der Waals surface area contributed by atoms with Gasteiger partial charge in [-0.3, -0.25) is 0 Å². The van der Waals surface area contributed by atoms with Gasteiger partial charge in [-0.05, 0) is 30.7 Å². The van der Waals surface area contributed by atoms with Gasteiger partial charge in [0.25, 0.3) is 0 Å². The van der Waals surface area contributed by atoms with E-state index in [0.29, 0.717) is 18.3 Å². The first kappa shape index (κ1) is 15.1. The van der Waals surface area contributed by atoms with E-state index in [1.807, 2.05) is 64.3 Å². The predicted molar refractivity (Wildman–Crippen MR) is 84.3 cm³/mol. The lowest BCUT2D eigenvalue weighted by Gasteiger charge is -2.11. The number of amides is 1. The summed E-state index contributed by atoms with van der Waals surface area (Å²) in [6.45, 7) is 2.52. The molecule has 1 aromatic carbocycles. The molecule has 1 amide bonds. The van der Waals surface area contributed by atoms with Crippen LogP contribution >= 0.6 is 0 Å². The first-order valence-electron chi connectivity index (χ1n) is 6.97. The molecule has 1 aromatic rings. The van der Waals surface area contributed by atoms with Crippen LogP contribution in [0.3, 0.4) is 0 Å². The minimum absolute atomic E-state index is 0.0992. The fraction of sp³-hybridized carbons (Fsp3) is 0.375. The summed E-state index contributed by atoms with van der Waals surface area (Å²) in [6.07, 6.45) is 1.78. The molecule has 0 N–H and O–H groups in total. The minimum atomic E-state index is -0.0992. The van der Waals surface area contributed by atoms with Crippen LogP contribution in [0.25, 0.3) is 6.08 Å². The Hall–Kier alpha value is -2.30. The number of carbonyl (C=O) groups excluding carboxylic acids is 1. The molecular weight excluding hydrogens is 266 g/mol. The Morgan fingerprint density at radius 1 is 1.24 bits per heavy atom. The van der Waals surface area contributed by atoms with Gasteiger partial charge in [0.05, 0.1) is 20.6 Å². The Bertz CT molecular complexity index is 596. The molecule has 21 heavy (non-hydrogen) atoms. The Morgan fingerprint density at radius 2 is 1.86 bits per heavy atom. The standard InChI is InChI=1S/C16H22N3O2/c1-6-19-15(20)14(21-16(19)18(4)5)11-12-7-9-13(10-8-12)17(2)3/h7-11H,6H2,1-5H3/q+1. The number of hydrogen-bond acceptors (Lipinski definition) is 3. The largest absolute Gasteiger partial charge is 0.459 e. The van der Waals surface area contributed by atoms with Crippen molar-refractivity contribution in [1.82, 2.24) is 4.90 Å². The molecule has 5 nitrogen and oxygen atoms in total. The van der Waals surface area contributed by atoms with Crippen LogP contribution in [0.5, 0.6) is 0 Å². The number of carbonyl (C=O) groups is 1. The van der Waals surface area contributed by atoms with E-state index < -0.39 is 0 Å². The first-order valence-corrected chi connectivity index (χ1v) is 6.97. The first-order chi connectivity index (χ1) is 9.93. The summed E-state index contributed by atoms with van der Waals surface area (Å²) in [4.78, 5) is 16.0. The third-order valence-electron chi connectivity index (χ3n) is 3.29. The molecule has 0 atom stereocenters. The van der Waals surface area contributed by atoms with E-state index in [1.54, 1.807) is 15.6 Å². The number of rotatable bonds is 3. The zero-order chi connectivity index (χ0) is 15.6. The molecule has 1 aliphatic heterocycles. The van der Waals surface area contributed by atoms with Crippen LogP contribution in [-0.2, 0) is 9.53 Å². The Kier molecular flexibility index (Phi) is 4.31. The van der Waals surface area contributed by atoms with Crippen LogP contribution in [0.4, 0.5) is 5.69 Å². The monoisotopic (exact) mass is 288 g/mol. The van der Waals surface area contributed by atoms with Crippen LogP contribution < -0.4 is 4.90 Å². The highest BCUT2D eigenvalue weighted by Crippen LogP contribution is 2.20. The number of nitrogens with zero attached hydrogens (tertiary/aromatic N) is 3. The van der Waals surface area contributed by atoms with Crippen molar-refractivity contribution in [3.8, 4) is 0 Å². The zero-order valence-electron chi connectivity index (χ0n) is 13.3. The molecule has 112 valence electrons. The Morgan fingerprint density at radius 3 is 2.29 bits per heavy atom. The summed E-state index contributed by atoms with van der Waals surface area (Å²) in [6, 6.07) is 8.55. The van der Waals surface area contributed by atoms with Crippen LogP contribution in [-0.4, -0.2) is 56.1 Å². The highest BCUT2D eigenvalue weighted by molar-refractivity contribution is 6.10. The average Bonchev–Trinajstić information content (AvgIpc) is 2.76. The van der Waals surface area contributed by atoms with Crippen LogP contribution in [0.2, 0.25) is 0 Å². The molecule has 2 rings (SSSR count).